The second-order valence-electron chi connectivity index (χ2n) is 4.01. The minimum atomic E-state index is -0.731. The van der Waals surface area contributed by atoms with E-state index in [1.807, 2.05) is 31.2 Å². The van der Waals surface area contributed by atoms with Gasteiger partial charge in [-0.2, -0.15) is 0 Å². The van der Waals surface area contributed by atoms with Gasteiger partial charge in [-0.05, 0) is 19.1 Å². The molecule has 2 rings (SSSR count). The standard InChI is InChI=1S/C12H15NO2S/c1-10-2-4-11(5-3-10)12(14)13-6-8-16(15)9-7-13/h2-5H,6-9H2,1H3. The first-order valence-corrected chi connectivity index (χ1v) is 6.86. The Morgan fingerprint density at radius 2 is 1.75 bits per heavy atom. The third-order valence-electron chi connectivity index (χ3n) is 2.76. The average Bonchev–Trinajstić information content (AvgIpc) is 2.30. The van der Waals surface area contributed by atoms with Crippen LogP contribution in [-0.2, 0) is 10.8 Å². The lowest BCUT2D eigenvalue weighted by molar-refractivity contribution is 0.0771. The molecule has 4 heteroatoms. The number of amides is 1. The largest absolute Gasteiger partial charge is 0.337 e. The molecule has 1 aromatic carbocycles. The Balaban J connectivity index is 2.07. The number of carbonyl (C=O) groups excluding carboxylic acids is 1. The van der Waals surface area contributed by atoms with Crippen molar-refractivity contribution in [3.8, 4) is 0 Å². The van der Waals surface area contributed by atoms with Crippen molar-refractivity contribution in [1.82, 2.24) is 4.90 Å². The predicted octanol–water partition coefficient (Wildman–Crippen LogP) is 1.20. The summed E-state index contributed by atoms with van der Waals surface area (Å²) in [4.78, 5) is 13.8. The first-order chi connectivity index (χ1) is 7.66. The summed E-state index contributed by atoms with van der Waals surface area (Å²) in [6.45, 7) is 3.22. The van der Waals surface area contributed by atoms with Crippen LogP contribution in [0.25, 0.3) is 0 Å². The molecule has 1 aliphatic heterocycles. The molecule has 3 nitrogen and oxygen atoms in total. The molecule has 86 valence electrons. The Bertz CT molecular complexity index is 404. The van der Waals surface area contributed by atoms with E-state index < -0.39 is 10.8 Å². The molecule has 0 spiro atoms. The number of carbonyl (C=O) groups is 1. The zero-order valence-electron chi connectivity index (χ0n) is 9.31. The van der Waals surface area contributed by atoms with Gasteiger partial charge in [0.2, 0.25) is 0 Å². The highest BCUT2D eigenvalue weighted by atomic mass is 32.2. The van der Waals surface area contributed by atoms with Crippen molar-refractivity contribution in [3.63, 3.8) is 0 Å². The van der Waals surface area contributed by atoms with E-state index in [1.54, 1.807) is 4.90 Å². The monoisotopic (exact) mass is 237 g/mol. The third kappa shape index (κ3) is 2.50. The fourth-order valence-electron chi connectivity index (χ4n) is 1.72. The zero-order chi connectivity index (χ0) is 11.5. The first kappa shape index (κ1) is 11.3. The summed E-state index contributed by atoms with van der Waals surface area (Å²) < 4.78 is 11.2. The van der Waals surface area contributed by atoms with E-state index >= 15 is 0 Å². The number of benzene rings is 1. The van der Waals surface area contributed by atoms with Crippen molar-refractivity contribution in [2.45, 2.75) is 6.92 Å². The van der Waals surface area contributed by atoms with Crippen molar-refractivity contribution in [3.05, 3.63) is 35.4 Å². The highest BCUT2D eigenvalue weighted by Gasteiger charge is 2.20. The summed E-state index contributed by atoms with van der Waals surface area (Å²) in [6, 6.07) is 7.58. The molecule has 1 aliphatic rings. The normalized spacial score (nSPS) is 17.4. The van der Waals surface area contributed by atoms with Crippen LogP contribution in [0.4, 0.5) is 0 Å². The summed E-state index contributed by atoms with van der Waals surface area (Å²) in [5.41, 5.74) is 1.87. The lowest BCUT2D eigenvalue weighted by Crippen LogP contribution is -2.41. The SMILES string of the molecule is Cc1ccc(C(=O)N2CCS(=O)CC2)cc1. The van der Waals surface area contributed by atoms with Crippen LogP contribution >= 0.6 is 0 Å². The highest BCUT2D eigenvalue weighted by molar-refractivity contribution is 7.85. The maximum Gasteiger partial charge on any atom is 0.253 e. The van der Waals surface area contributed by atoms with Crippen LogP contribution in [0.2, 0.25) is 0 Å². The molecule has 0 unspecified atom stereocenters. The molecule has 1 saturated heterocycles. The molecule has 0 saturated carbocycles. The number of hydrogen-bond donors (Lipinski definition) is 0. The zero-order valence-corrected chi connectivity index (χ0v) is 10.1. The average molecular weight is 237 g/mol. The van der Waals surface area contributed by atoms with Crippen LogP contribution in [0, 0.1) is 6.92 Å². The molecule has 16 heavy (non-hydrogen) atoms. The Kier molecular flexibility index (Phi) is 3.39. The van der Waals surface area contributed by atoms with Gasteiger partial charge in [-0.3, -0.25) is 9.00 Å². The van der Waals surface area contributed by atoms with Gasteiger partial charge in [0.25, 0.3) is 5.91 Å². The van der Waals surface area contributed by atoms with Crippen LogP contribution in [0.3, 0.4) is 0 Å². The molecule has 1 aromatic rings. The Hall–Kier alpha value is -1.16. The quantitative estimate of drug-likeness (QED) is 0.736. The summed E-state index contributed by atoms with van der Waals surface area (Å²) in [5, 5.41) is 0. The van der Waals surface area contributed by atoms with E-state index in [9.17, 15) is 9.00 Å². The van der Waals surface area contributed by atoms with Crippen LogP contribution in [0.1, 0.15) is 15.9 Å². The van der Waals surface area contributed by atoms with Gasteiger partial charge in [-0.15, -0.1) is 0 Å². The van der Waals surface area contributed by atoms with Crippen molar-refractivity contribution < 1.29 is 9.00 Å². The van der Waals surface area contributed by atoms with Crippen molar-refractivity contribution in [2.75, 3.05) is 24.6 Å². The molecule has 1 fully saturated rings. The molecule has 0 aromatic heterocycles. The van der Waals surface area contributed by atoms with Gasteiger partial charge >= 0.3 is 0 Å². The van der Waals surface area contributed by atoms with E-state index in [-0.39, 0.29) is 5.91 Å². The molecule has 0 aliphatic carbocycles. The minimum Gasteiger partial charge on any atom is -0.337 e. The van der Waals surface area contributed by atoms with Gasteiger partial charge in [0.05, 0.1) is 0 Å². The van der Waals surface area contributed by atoms with E-state index in [0.717, 1.165) is 11.1 Å². The van der Waals surface area contributed by atoms with Crippen LogP contribution in [0.15, 0.2) is 24.3 Å². The molecule has 0 N–H and O–H groups in total. The van der Waals surface area contributed by atoms with Gasteiger partial charge in [0.1, 0.15) is 0 Å². The summed E-state index contributed by atoms with van der Waals surface area (Å²) >= 11 is 0. The Labute approximate surface area is 97.9 Å². The Morgan fingerprint density at radius 3 is 2.31 bits per heavy atom. The van der Waals surface area contributed by atoms with E-state index in [2.05, 4.69) is 0 Å². The molecule has 1 heterocycles. The van der Waals surface area contributed by atoms with Crippen LogP contribution < -0.4 is 0 Å². The molecular weight excluding hydrogens is 222 g/mol. The summed E-state index contributed by atoms with van der Waals surface area (Å²) in [7, 11) is -0.731. The summed E-state index contributed by atoms with van der Waals surface area (Å²) in [5.74, 6) is 1.27. The summed E-state index contributed by atoms with van der Waals surface area (Å²) in [6.07, 6.45) is 0. The fraction of sp³-hybridized carbons (Fsp3) is 0.417. The maximum atomic E-state index is 12.0. The second kappa shape index (κ2) is 4.78. The smallest absolute Gasteiger partial charge is 0.253 e. The van der Waals surface area contributed by atoms with Crippen LogP contribution in [-0.4, -0.2) is 39.6 Å². The van der Waals surface area contributed by atoms with Gasteiger partial charge in [0, 0.05) is 41.0 Å². The van der Waals surface area contributed by atoms with E-state index in [4.69, 9.17) is 0 Å². The van der Waals surface area contributed by atoms with Gasteiger partial charge in [0.15, 0.2) is 0 Å². The van der Waals surface area contributed by atoms with Crippen molar-refractivity contribution in [1.29, 1.82) is 0 Å². The third-order valence-corrected chi connectivity index (χ3v) is 4.04. The lowest BCUT2D eigenvalue weighted by atomic mass is 10.1. The molecule has 0 radical (unpaired) electrons. The number of nitrogens with zero attached hydrogens (tertiary/aromatic N) is 1. The molecule has 0 bridgehead atoms. The van der Waals surface area contributed by atoms with Gasteiger partial charge in [-0.25, -0.2) is 0 Å². The van der Waals surface area contributed by atoms with Gasteiger partial charge < -0.3 is 4.90 Å². The van der Waals surface area contributed by atoms with Crippen molar-refractivity contribution in [2.24, 2.45) is 0 Å². The molecular formula is C12H15NO2S. The molecule has 1 amide bonds. The molecule has 0 atom stereocenters. The van der Waals surface area contributed by atoms with Gasteiger partial charge in [-0.1, -0.05) is 17.7 Å². The minimum absolute atomic E-state index is 0.0525. The van der Waals surface area contributed by atoms with E-state index in [1.165, 1.54) is 0 Å². The maximum absolute atomic E-state index is 12.0. The topological polar surface area (TPSA) is 37.4 Å². The lowest BCUT2D eigenvalue weighted by Gasteiger charge is -2.26. The Morgan fingerprint density at radius 1 is 1.19 bits per heavy atom. The number of rotatable bonds is 1. The van der Waals surface area contributed by atoms with E-state index in [0.29, 0.717) is 24.6 Å². The number of aryl methyl sites for hydroxylation is 1. The first-order valence-electron chi connectivity index (χ1n) is 5.38. The van der Waals surface area contributed by atoms with Crippen molar-refractivity contribution >= 4 is 16.7 Å². The predicted molar refractivity (Wildman–Crippen MR) is 65.0 cm³/mol. The highest BCUT2D eigenvalue weighted by Crippen LogP contribution is 2.09. The number of hydrogen-bond acceptors (Lipinski definition) is 2. The fourth-order valence-corrected chi connectivity index (χ4v) is 2.77. The van der Waals surface area contributed by atoms with Crippen LogP contribution in [0.5, 0.6) is 0 Å². The second-order valence-corrected chi connectivity index (χ2v) is 5.70.